The fraction of sp³-hybridized carbons (Fsp3) is 0.538. The molecule has 1 aliphatic rings. The van der Waals surface area contributed by atoms with Crippen LogP contribution in [0, 0.1) is 0 Å². The molecule has 1 saturated heterocycles. The van der Waals surface area contributed by atoms with Crippen molar-refractivity contribution in [2.75, 3.05) is 12.3 Å². The summed E-state index contributed by atoms with van der Waals surface area (Å²) in [6, 6.07) is 1.81. The van der Waals surface area contributed by atoms with E-state index in [-0.39, 0.29) is 11.9 Å². The minimum absolute atomic E-state index is 0.0384. The number of aromatic nitrogens is 1. The molecule has 0 aliphatic carbocycles. The second-order valence-corrected chi connectivity index (χ2v) is 5.19. The molecule has 2 rings (SSSR count). The van der Waals surface area contributed by atoms with Gasteiger partial charge in [-0.25, -0.2) is 4.98 Å². The molecule has 4 nitrogen and oxygen atoms in total. The highest BCUT2D eigenvalue weighted by atomic mass is 35.5. The lowest BCUT2D eigenvalue weighted by Gasteiger charge is -2.27. The fourth-order valence-corrected chi connectivity index (χ4v) is 2.53. The Bertz CT molecular complexity index is 450. The van der Waals surface area contributed by atoms with E-state index < -0.39 is 0 Å². The van der Waals surface area contributed by atoms with Crippen molar-refractivity contribution in [2.24, 2.45) is 0 Å². The van der Waals surface area contributed by atoms with Gasteiger partial charge in [-0.05, 0) is 25.8 Å². The zero-order valence-corrected chi connectivity index (χ0v) is 11.3. The molecule has 1 aliphatic heterocycles. The summed E-state index contributed by atoms with van der Waals surface area (Å²) in [5, 5.41) is 0.366. The van der Waals surface area contributed by atoms with E-state index in [4.69, 9.17) is 17.3 Å². The number of rotatable bonds is 1. The Hall–Kier alpha value is -1.29. The van der Waals surface area contributed by atoms with Crippen molar-refractivity contribution in [1.82, 2.24) is 9.88 Å². The molecule has 0 aromatic carbocycles. The van der Waals surface area contributed by atoms with Crippen molar-refractivity contribution >= 4 is 23.3 Å². The van der Waals surface area contributed by atoms with Crippen LogP contribution in [-0.4, -0.2) is 28.4 Å². The number of amides is 1. The van der Waals surface area contributed by atoms with Gasteiger partial charge in [0, 0.05) is 18.8 Å². The van der Waals surface area contributed by atoms with E-state index in [0.29, 0.717) is 16.4 Å². The Kier molecular flexibility index (Phi) is 4.07. The molecular weight excluding hydrogens is 250 g/mol. The van der Waals surface area contributed by atoms with Crippen molar-refractivity contribution in [2.45, 2.75) is 38.6 Å². The smallest absolute Gasteiger partial charge is 0.255 e. The Morgan fingerprint density at radius 3 is 3.06 bits per heavy atom. The molecule has 1 fully saturated rings. The van der Waals surface area contributed by atoms with Gasteiger partial charge in [-0.1, -0.05) is 24.4 Å². The van der Waals surface area contributed by atoms with E-state index >= 15 is 0 Å². The first-order valence-electron chi connectivity index (χ1n) is 6.31. The first kappa shape index (κ1) is 13.1. The highest BCUT2D eigenvalue weighted by Gasteiger charge is 2.24. The summed E-state index contributed by atoms with van der Waals surface area (Å²) in [4.78, 5) is 18.3. The van der Waals surface area contributed by atoms with E-state index in [1.807, 2.05) is 4.90 Å². The number of hydrogen-bond donors (Lipinski definition) is 1. The summed E-state index contributed by atoms with van der Waals surface area (Å²) < 4.78 is 0. The Morgan fingerprint density at radius 1 is 1.50 bits per heavy atom. The summed E-state index contributed by atoms with van der Waals surface area (Å²) in [5.41, 5.74) is 6.08. The number of carbonyl (C=O) groups excluding carboxylic acids is 1. The molecule has 0 saturated carbocycles. The standard InChI is InChI=1S/C13H18ClN3O/c1-9-5-3-2-4-6-17(9)13(18)10-7-12(15)16-8-11(10)14/h7-9H,2-6H2,1H3,(H2,15,16). The number of halogens is 1. The largest absolute Gasteiger partial charge is 0.384 e. The number of nitrogen functional groups attached to an aromatic ring is 1. The second kappa shape index (κ2) is 5.57. The SMILES string of the molecule is CC1CCCCCN1C(=O)c1cc(N)ncc1Cl. The van der Waals surface area contributed by atoms with Crippen molar-refractivity contribution in [3.63, 3.8) is 0 Å². The molecular formula is C13H18ClN3O. The molecule has 1 amide bonds. The van der Waals surface area contributed by atoms with Crippen molar-refractivity contribution in [3.05, 3.63) is 22.8 Å². The topological polar surface area (TPSA) is 59.2 Å². The second-order valence-electron chi connectivity index (χ2n) is 4.79. The van der Waals surface area contributed by atoms with Crippen molar-refractivity contribution in [3.8, 4) is 0 Å². The quantitative estimate of drug-likeness (QED) is 0.851. The molecule has 2 N–H and O–H groups in total. The van der Waals surface area contributed by atoms with Crippen LogP contribution in [0.2, 0.25) is 5.02 Å². The van der Waals surface area contributed by atoms with Crippen LogP contribution >= 0.6 is 11.6 Å². The summed E-state index contributed by atoms with van der Waals surface area (Å²) in [7, 11) is 0. The van der Waals surface area contributed by atoms with Crippen LogP contribution < -0.4 is 5.73 Å². The Morgan fingerprint density at radius 2 is 2.28 bits per heavy atom. The van der Waals surface area contributed by atoms with Crippen molar-refractivity contribution < 1.29 is 4.79 Å². The first-order chi connectivity index (χ1) is 8.59. The predicted octanol–water partition coefficient (Wildman–Crippen LogP) is 2.72. The number of nitrogens with two attached hydrogens (primary N) is 1. The Balaban J connectivity index is 2.26. The van der Waals surface area contributed by atoms with Crippen LogP contribution in [0.5, 0.6) is 0 Å². The number of anilines is 1. The average molecular weight is 268 g/mol. The number of carbonyl (C=O) groups is 1. The normalized spacial score (nSPS) is 20.6. The van der Waals surface area contributed by atoms with Crippen molar-refractivity contribution in [1.29, 1.82) is 0 Å². The molecule has 1 atom stereocenters. The van der Waals surface area contributed by atoms with Crippen LogP contribution in [0.4, 0.5) is 5.82 Å². The van der Waals surface area contributed by atoms with Gasteiger partial charge in [0.25, 0.3) is 5.91 Å². The van der Waals surface area contributed by atoms with Gasteiger partial charge in [-0.15, -0.1) is 0 Å². The van der Waals surface area contributed by atoms with E-state index in [1.165, 1.54) is 19.0 Å². The lowest BCUT2D eigenvalue weighted by Crippen LogP contribution is -2.38. The number of nitrogens with zero attached hydrogens (tertiary/aromatic N) is 2. The van der Waals surface area contributed by atoms with E-state index in [0.717, 1.165) is 19.4 Å². The zero-order chi connectivity index (χ0) is 13.1. The zero-order valence-electron chi connectivity index (χ0n) is 10.5. The lowest BCUT2D eigenvalue weighted by molar-refractivity contribution is 0.0698. The fourth-order valence-electron chi connectivity index (χ4n) is 2.35. The monoisotopic (exact) mass is 267 g/mol. The minimum atomic E-state index is -0.0384. The third-order valence-electron chi connectivity index (χ3n) is 3.42. The van der Waals surface area contributed by atoms with Gasteiger partial charge in [0.2, 0.25) is 0 Å². The molecule has 0 spiro atoms. The molecule has 2 heterocycles. The van der Waals surface area contributed by atoms with E-state index in [9.17, 15) is 4.79 Å². The molecule has 98 valence electrons. The van der Waals surface area contributed by atoms with Gasteiger partial charge in [-0.2, -0.15) is 0 Å². The maximum atomic E-state index is 12.5. The molecule has 5 heteroatoms. The minimum Gasteiger partial charge on any atom is -0.384 e. The highest BCUT2D eigenvalue weighted by Crippen LogP contribution is 2.23. The van der Waals surface area contributed by atoms with Gasteiger partial charge in [0.05, 0.1) is 10.6 Å². The van der Waals surface area contributed by atoms with E-state index in [2.05, 4.69) is 11.9 Å². The Labute approximate surface area is 112 Å². The number of likely N-dealkylation sites (tertiary alicyclic amines) is 1. The van der Waals surface area contributed by atoms with Gasteiger partial charge in [0.15, 0.2) is 0 Å². The van der Waals surface area contributed by atoms with Gasteiger partial charge < -0.3 is 10.6 Å². The molecule has 18 heavy (non-hydrogen) atoms. The van der Waals surface area contributed by atoms with Crippen LogP contribution in [0.1, 0.15) is 43.0 Å². The first-order valence-corrected chi connectivity index (χ1v) is 6.69. The summed E-state index contributed by atoms with van der Waals surface area (Å²) >= 11 is 6.03. The third-order valence-corrected chi connectivity index (χ3v) is 3.72. The summed E-state index contributed by atoms with van der Waals surface area (Å²) in [6.45, 7) is 2.88. The predicted molar refractivity (Wildman–Crippen MR) is 72.6 cm³/mol. The van der Waals surface area contributed by atoms with Gasteiger partial charge in [0.1, 0.15) is 5.82 Å². The molecule has 1 unspecified atom stereocenters. The third kappa shape index (κ3) is 2.75. The lowest BCUT2D eigenvalue weighted by atomic mass is 10.1. The average Bonchev–Trinajstić information content (AvgIpc) is 2.56. The van der Waals surface area contributed by atoms with E-state index in [1.54, 1.807) is 6.07 Å². The maximum absolute atomic E-state index is 12.5. The van der Waals surface area contributed by atoms with Crippen LogP contribution in [0.25, 0.3) is 0 Å². The number of pyridine rings is 1. The molecule has 1 aromatic rings. The van der Waals surface area contributed by atoms with Crippen LogP contribution in [0.3, 0.4) is 0 Å². The molecule has 0 bridgehead atoms. The van der Waals surface area contributed by atoms with Gasteiger partial charge >= 0.3 is 0 Å². The summed E-state index contributed by atoms with van der Waals surface area (Å²) in [6.07, 6.45) is 5.89. The number of hydrogen-bond acceptors (Lipinski definition) is 3. The molecule has 0 radical (unpaired) electrons. The maximum Gasteiger partial charge on any atom is 0.255 e. The van der Waals surface area contributed by atoms with Gasteiger partial charge in [-0.3, -0.25) is 4.79 Å². The highest BCUT2D eigenvalue weighted by molar-refractivity contribution is 6.33. The van der Waals surface area contributed by atoms with Crippen LogP contribution in [-0.2, 0) is 0 Å². The summed E-state index contributed by atoms with van der Waals surface area (Å²) in [5.74, 6) is 0.286. The van der Waals surface area contributed by atoms with Crippen LogP contribution in [0.15, 0.2) is 12.3 Å². The molecule has 1 aromatic heterocycles.